The van der Waals surface area contributed by atoms with Crippen LogP contribution in [0, 0.1) is 17.3 Å². The number of carbonyl (C=O) groups excluding carboxylic acids is 3. The van der Waals surface area contributed by atoms with Crippen LogP contribution in [0.5, 0.6) is 17.2 Å². The lowest BCUT2D eigenvalue weighted by molar-refractivity contribution is -0.128. The van der Waals surface area contributed by atoms with Crippen molar-refractivity contribution in [1.82, 2.24) is 0 Å². The molecule has 3 rings (SSSR count). The van der Waals surface area contributed by atoms with Gasteiger partial charge in [0.2, 0.25) is 0 Å². The second-order valence-electron chi connectivity index (χ2n) is 12.6. The van der Waals surface area contributed by atoms with Crippen molar-refractivity contribution in [3.8, 4) is 17.2 Å². The lowest BCUT2D eigenvalue weighted by Gasteiger charge is -2.34. The molecule has 1 atom stereocenters. The van der Waals surface area contributed by atoms with Gasteiger partial charge < -0.3 is 25.2 Å². The number of ether oxygens (including phenoxy) is 1. The molecular formula is C33H42O8. The normalized spacial score (nSPS) is 19.9. The number of aliphatic hydroxyl groups excluding tert-OH is 2. The number of aliphatic hydroxyl groups is 2. The Bertz CT molecular complexity index is 1430. The van der Waals surface area contributed by atoms with E-state index in [2.05, 4.69) is 6.08 Å². The van der Waals surface area contributed by atoms with Crippen LogP contribution in [0.15, 0.2) is 40.4 Å². The zero-order chi connectivity index (χ0) is 31.2. The number of phenols is 2. The zero-order valence-corrected chi connectivity index (χ0v) is 25.4. The Morgan fingerprint density at radius 3 is 2.07 bits per heavy atom. The molecule has 41 heavy (non-hydrogen) atoms. The van der Waals surface area contributed by atoms with Crippen molar-refractivity contribution < 1.29 is 39.5 Å². The van der Waals surface area contributed by atoms with Crippen LogP contribution < -0.4 is 4.74 Å². The zero-order valence-electron chi connectivity index (χ0n) is 25.4. The summed E-state index contributed by atoms with van der Waals surface area (Å²) in [6.45, 7) is 15.2. The van der Waals surface area contributed by atoms with Crippen LogP contribution in [0.1, 0.15) is 96.6 Å². The van der Waals surface area contributed by atoms with Crippen molar-refractivity contribution in [2.45, 2.75) is 87.2 Å². The Kier molecular flexibility index (Phi) is 8.68. The summed E-state index contributed by atoms with van der Waals surface area (Å²) < 4.78 is 6.31. The number of rotatable bonds is 9. The number of aromatic hydroxyl groups is 2. The van der Waals surface area contributed by atoms with Gasteiger partial charge in [-0.05, 0) is 59.6 Å². The van der Waals surface area contributed by atoms with Crippen molar-refractivity contribution in [2.75, 3.05) is 0 Å². The summed E-state index contributed by atoms with van der Waals surface area (Å²) in [6.07, 6.45) is 6.34. The Balaban J connectivity index is 2.25. The largest absolute Gasteiger partial charge is 0.511 e. The average molecular weight is 567 g/mol. The van der Waals surface area contributed by atoms with E-state index in [9.17, 15) is 34.8 Å². The molecule has 0 amide bonds. The molecule has 1 aromatic carbocycles. The van der Waals surface area contributed by atoms with Gasteiger partial charge in [-0.2, -0.15) is 0 Å². The molecule has 2 aliphatic rings. The topological polar surface area (TPSA) is 141 Å². The van der Waals surface area contributed by atoms with Gasteiger partial charge in [0.15, 0.2) is 17.3 Å². The van der Waals surface area contributed by atoms with Crippen LogP contribution in [0.25, 0.3) is 6.08 Å². The number of Topliss-reactive ketones (excluding diaryl/α,β-unsaturated/α-hetero) is 3. The van der Waals surface area contributed by atoms with Gasteiger partial charge in [0.1, 0.15) is 45.5 Å². The molecule has 0 aromatic heterocycles. The molecule has 4 N–H and O–H groups in total. The number of hydrogen-bond donors (Lipinski definition) is 4. The fourth-order valence-corrected chi connectivity index (χ4v) is 5.06. The van der Waals surface area contributed by atoms with Crippen LogP contribution in [0.2, 0.25) is 0 Å². The monoisotopic (exact) mass is 566 g/mol. The molecule has 0 spiro atoms. The Labute approximate surface area is 241 Å². The minimum atomic E-state index is -1.55. The highest BCUT2D eigenvalue weighted by molar-refractivity contribution is 6.24. The molecule has 0 saturated heterocycles. The summed E-state index contributed by atoms with van der Waals surface area (Å²) in [4.78, 5) is 39.5. The number of ketones is 3. The third-order valence-electron chi connectivity index (χ3n) is 7.76. The predicted molar refractivity (Wildman–Crippen MR) is 157 cm³/mol. The van der Waals surface area contributed by atoms with Crippen LogP contribution in [0.4, 0.5) is 0 Å². The second-order valence-corrected chi connectivity index (χ2v) is 12.6. The molecule has 0 fully saturated rings. The number of hydrogen-bond acceptors (Lipinski definition) is 8. The lowest BCUT2D eigenvalue weighted by Crippen LogP contribution is -2.38. The quantitative estimate of drug-likeness (QED) is 0.144. The summed E-state index contributed by atoms with van der Waals surface area (Å²) in [5.41, 5.74) is -1.93. The molecule has 1 aromatic rings. The number of benzene rings is 1. The van der Waals surface area contributed by atoms with Crippen molar-refractivity contribution in [3.05, 3.63) is 57.1 Å². The number of carbonyl (C=O) groups is 3. The maximum atomic E-state index is 13.4. The van der Waals surface area contributed by atoms with E-state index >= 15 is 0 Å². The smallest absolute Gasteiger partial charge is 0.183 e. The second kappa shape index (κ2) is 11.2. The summed E-state index contributed by atoms with van der Waals surface area (Å²) >= 11 is 0. The molecule has 1 aliphatic carbocycles. The first-order valence-electron chi connectivity index (χ1n) is 14.0. The van der Waals surface area contributed by atoms with Gasteiger partial charge in [-0.25, -0.2) is 0 Å². The van der Waals surface area contributed by atoms with Crippen molar-refractivity contribution >= 4 is 23.4 Å². The van der Waals surface area contributed by atoms with Crippen molar-refractivity contribution in [3.63, 3.8) is 0 Å². The van der Waals surface area contributed by atoms with Crippen molar-refractivity contribution in [1.29, 1.82) is 0 Å². The summed E-state index contributed by atoms with van der Waals surface area (Å²) in [5.74, 6) is -4.99. The van der Waals surface area contributed by atoms with E-state index in [1.807, 2.05) is 20.8 Å². The molecule has 222 valence electrons. The molecule has 1 unspecified atom stereocenters. The Morgan fingerprint density at radius 1 is 0.951 bits per heavy atom. The third-order valence-corrected chi connectivity index (χ3v) is 7.76. The average Bonchev–Trinajstić information content (AvgIpc) is 2.86. The molecule has 8 nitrogen and oxygen atoms in total. The van der Waals surface area contributed by atoms with Gasteiger partial charge in [-0.15, -0.1) is 0 Å². The van der Waals surface area contributed by atoms with Crippen molar-refractivity contribution in [2.24, 2.45) is 17.3 Å². The van der Waals surface area contributed by atoms with Gasteiger partial charge in [0, 0.05) is 29.4 Å². The molecule has 0 saturated carbocycles. The molecular weight excluding hydrogens is 524 g/mol. The van der Waals surface area contributed by atoms with E-state index in [-0.39, 0.29) is 28.0 Å². The molecule has 0 bridgehead atoms. The van der Waals surface area contributed by atoms with E-state index in [1.165, 1.54) is 13.8 Å². The summed E-state index contributed by atoms with van der Waals surface area (Å²) in [7, 11) is 0. The molecule has 1 heterocycles. The molecule has 8 heteroatoms. The van der Waals surface area contributed by atoms with E-state index < -0.39 is 75.2 Å². The van der Waals surface area contributed by atoms with Gasteiger partial charge in [0.25, 0.3) is 0 Å². The predicted octanol–water partition coefficient (Wildman–Crippen LogP) is 6.85. The van der Waals surface area contributed by atoms with E-state index in [0.29, 0.717) is 12.8 Å². The molecule has 0 radical (unpaired) electrons. The van der Waals surface area contributed by atoms with Gasteiger partial charge in [0.05, 0.1) is 11.0 Å². The van der Waals surface area contributed by atoms with E-state index in [0.717, 1.165) is 5.57 Å². The number of phenolic OH excluding ortho intramolecular Hbond substituents is 2. The molecule has 1 aliphatic heterocycles. The Hall–Kier alpha value is -3.81. The fraction of sp³-hybridized carbons (Fsp3) is 0.485. The maximum Gasteiger partial charge on any atom is 0.183 e. The summed E-state index contributed by atoms with van der Waals surface area (Å²) in [6, 6.07) is 0. The highest BCUT2D eigenvalue weighted by Gasteiger charge is 2.46. The van der Waals surface area contributed by atoms with E-state index in [4.69, 9.17) is 4.74 Å². The lowest BCUT2D eigenvalue weighted by atomic mass is 9.72. The highest BCUT2D eigenvalue weighted by atomic mass is 16.5. The maximum absolute atomic E-state index is 13.4. The third kappa shape index (κ3) is 5.69. The first-order valence-corrected chi connectivity index (χ1v) is 14.0. The Morgan fingerprint density at radius 2 is 1.54 bits per heavy atom. The fourth-order valence-electron chi connectivity index (χ4n) is 5.06. The van der Waals surface area contributed by atoms with Gasteiger partial charge in [-0.3, -0.25) is 14.4 Å². The minimum absolute atomic E-state index is 0.0532. The standard InChI is InChI=1S/C33H42O8/c1-16(2)11-10-13-33(9)14-12-19-26(36)20(27(37)22(29(19)41-33)24(34)17(3)4)15-21-28(38)23(25(35)18(5)6)31(40)32(7,8)30(21)39/h11-12,14,17-18,36-39H,10,13,15H2,1-9H3. The van der Waals surface area contributed by atoms with E-state index in [1.54, 1.807) is 39.8 Å². The van der Waals surface area contributed by atoms with Gasteiger partial charge >= 0.3 is 0 Å². The minimum Gasteiger partial charge on any atom is -0.511 e. The first kappa shape index (κ1) is 31.7. The number of fused-ring (bicyclic) bond motifs is 1. The first-order chi connectivity index (χ1) is 18.9. The SMILES string of the molecule is CC(C)=CCCC1(C)C=Cc2c(O)c(CC3=C(O)C(C)(C)C(=O)C(C(=O)C(C)C)=C3O)c(O)c(C(=O)C(C)C)c2O1. The van der Waals surface area contributed by atoms with Crippen LogP contribution in [-0.2, 0) is 16.0 Å². The number of allylic oxidation sites excluding steroid dienone is 5. The van der Waals surface area contributed by atoms with Crippen LogP contribution >= 0.6 is 0 Å². The van der Waals surface area contributed by atoms with Crippen LogP contribution in [-0.4, -0.2) is 43.4 Å². The van der Waals surface area contributed by atoms with Gasteiger partial charge in [-0.1, -0.05) is 39.3 Å². The van der Waals surface area contributed by atoms with Crippen LogP contribution in [0.3, 0.4) is 0 Å². The highest BCUT2D eigenvalue weighted by Crippen LogP contribution is 2.50. The summed E-state index contributed by atoms with van der Waals surface area (Å²) in [5, 5.41) is 45.1.